The molecule has 188 valence electrons. The van der Waals surface area contributed by atoms with Gasteiger partial charge >= 0.3 is 5.97 Å². The lowest BCUT2D eigenvalue weighted by Crippen LogP contribution is -2.31. The predicted octanol–water partition coefficient (Wildman–Crippen LogP) is 4.44. The second kappa shape index (κ2) is 9.52. The molecule has 0 N–H and O–H groups in total. The molecule has 3 fully saturated rings. The summed E-state index contributed by atoms with van der Waals surface area (Å²) in [5, 5.41) is 0. The van der Waals surface area contributed by atoms with Gasteiger partial charge in [0.25, 0.3) is 0 Å². The van der Waals surface area contributed by atoms with E-state index in [1.807, 2.05) is 31.2 Å². The van der Waals surface area contributed by atoms with Crippen LogP contribution in [-0.2, 0) is 25.6 Å². The van der Waals surface area contributed by atoms with Gasteiger partial charge in [-0.05, 0) is 73.9 Å². The highest BCUT2D eigenvalue weighted by Gasteiger charge is 2.50. The molecule has 0 unspecified atom stereocenters. The van der Waals surface area contributed by atoms with Gasteiger partial charge in [0.2, 0.25) is 17.7 Å². The molecule has 2 aromatic rings. The van der Waals surface area contributed by atoms with Crippen LogP contribution < -0.4 is 14.5 Å². The zero-order chi connectivity index (χ0) is 25.6. The Hall–Kier alpha value is -3.48. The van der Waals surface area contributed by atoms with Crippen molar-refractivity contribution in [1.82, 2.24) is 0 Å². The molecule has 2 aliphatic heterocycles. The average molecular weight is 489 g/mol. The van der Waals surface area contributed by atoms with E-state index in [2.05, 4.69) is 6.92 Å². The Bertz CT molecular complexity index is 1240. The largest absolute Gasteiger partial charge is 0.426 e. The molecule has 1 saturated carbocycles. The molecular weight excluding hydrogens is 456 g/mol. The minimum absolute atomic E-state index is 0.0915. The molecule has 1 aliphatic carbocycles. The van der Waals surface area contributed by atoms with Gasteiger partial charge in [-0.2, -0.15) is 0 Å². The van der Waals surface area contributed by atoms with Crippen molar-refractivity contribution in [3.8, 4) is 5.75 Å². The van der Waals surface area contributed by atoms with Crippen LogP contribution in [0, 0.1) is 30.6 Å². The van der Waals surface area contributed by atoms with Crippen molar-refractivity contribution in [2.45, 2.75) is 52.9 Å². The van der Waals surface area contributed by atoms with Gasteiger partial charge in [-0.15, -0.1) is 0 Å². The zero-order valence-corrected chi connectivity index (χ0v) is 21.0. The number of esters is 1. The van der Waals surface area contributed by atoms with Crippen LogP contribution in [0.1, 0.15) is 50.7 Å². The highest BCUT2D eigenvalue weighted by Crippen LogP contribution is 2.43. The van der Waals surface area contributed by atoms with Crippen molar-refractivity contribution in [3.63, 3.8) is 0 Å². The van der Waals surface area contributed by atoms with E-state index in [1.54, 1.807) is 30.0 Å². The van der Waals surface area contributed by atoms with Gasteiger partial charge in [-0.3, -0.25) is 19.2 Å². The van der Waals surface area contributed by atoms with Crippen LogP contribution in [0.2, 0.25) is 0 Å². The van der Waals surface area contributed by atoms with Crippen LogP contribution in [-0.4, -0.2) is 30.2 Å². The van der Waals surface area contributed by atoms with E-state index >= 15 is 0 Å². The summed E-state index contributed by atoms with van der Waals surface area (Å²) < 4.78 is 5.64. The number of imide groups is 1. The number of hydrogen-bond donors (Lipinski definition) is 0. The number of ether oxygens (including phenoxy) is 1. The molecule has 0 radical (unpaired) electrons. The molecule has 2 aromatic carbocycles. The second-order valence-electron chi connectivity index (χ2n) is 10.4. The minimum Gasteiger partial charge on any atom is -0.426 e. The Morgan fingerprint density at radius 1 is 1.00 bits per heavy atom. The van der Waals surface area contributed by atoms with E-state index in [9.17, 15) is 19.2 Å². The predicted molar refractivity (Wildman–Crippen MR) is 136 cm³/mol. The standard InChI is InChI=1S/C29H32N2O5/c1-4-19-7-5-6-8-25(19)30-16-20(15-26(30)32)29(35)36-21-10-12-24(18(3)14-21)31-27(33)22-11-9-17(2)13-23(22)28(31)34/h5-8,10,12,14,17,20,22-23H,4,9,11,13,15-16H2,1-3H3/t17-,20+,22+,23-/m0/s1. The summed E-state index contributed by atoms with van der Waals surface area (Å²) in [6.45, 7) is 6.25. The fourth-order valence-corrected chi connectivity index (χ4v) is 5.94. The maximum atomic E-state index is 13.1. The van der Waals surface area contributed by atoms with Crippen molar-refractivity contribution < 1.29 is 23.9 Å². The lowest BCUT2D eigenvalue weighted by Gasteiger charge is -2.25. The summed E-state index contributed by atoms with van der Waals surface area (Å²) in [6.07, 6.45) is 3.37. The molecule has 7 nitrogen and oxygen atoms in total. The van der Waals surface area contributed by atoms with Gasteiger partial charge < -0.3 is 9.64 Å². The SMILES string of the molecule is CCc1ccccc1N1C[C@H](C(=O)Oc2ccc(N3C(=O)[C@H]4C[C@@H](C)CC[C@H]4C3=O)c(C)c2)CC1=O. The quantitative estimate of drug-likeness (QED) is 0.353. The third-order valence-electron chi connectivity index (χ3n) is 7.94. The number of carbonyl (C=O) groups is 4. The number of anilines is 2. The molecule has 36 heavy (non-hydrogen) atoms. The number of carbonyl (C=O) groups excluding carboxylic acids is 4. The summed E-state index contributed by atoms with van der Waals surface area (Å²) in [7, 11) is 0. The van der Waals surface area contributed by atoms with Gasteiger partial charge in [0.05, 0.1) is 23.4 Å². The molecule has 0 bridgehead atoms. The van der Waals surface area contributed by atoms with E-state index in [4.69, 9.17) is 4.74 Å². The van der Waals surface area contributed by atoms with Crippen molar-refractivity contribution in [1.29, 1.82) is 0 Å². The molecule has 5 rings (SSSR count). The average Bonchev–Trinajstić information content (AvgIpc) is 3.36. The molecule has 3 amide bonds. The number of fused-ring (bicyclic) bond motifs is 1. The normalized spacial score (nSPS) is 25.9. The third kappa shape index (κ3) is 4.21. The lowest BCUT2D eigenvalue weighted by atomic mass is 9.76. The van der Waals surface area contributed by atoms with Crippen LogP contribution in [0.15, 0.2) is 42.5 Å². The number of aryl methyl sites for hydroxylation is 2. The lowest BCUT2D eigenvalue weighted by molar-refractivity contribution is -0.139. The van der Waals surface area contributed by atoms with Crippen molar-refractivity contribution in [2.75, 3.05) is 16.3 Å². The Morgan fingerprint density at radius 2 is 1.75 bits per heavy atom. The number of rotatable bonds is 5. The topological polar surface area (TPSA) is 84.0 Å². The molecule has 0 spiro atoms. The van der Waals surface area contributed by atoms with Gasteiger partial charge in [0, 0.05) is 18.7 Å². The Kier molecular flexibility index (Phi) is 6.41. The fourth-order valence-electron chi connectivity index (χ4n) is 5.94. The first kappa shape index (κ1) is 24.2. The third-order valence-corrected chi connectivity index (χ3v) is 7.94. The Labute approximate surface area is 211 Å². The number of para-hydroxylation sites is 1. The van der Waals surface area contributed by atoms with Crippen LogP contribution in [0.3, 0.4) is 0 Å². The summed E-state index contributed by atoms with van der Waals surface area (Å²) in [6, 6.07) is 12.7. The van der Waals surface area contributed by atoms with Gasteiger partial charge in [-0.25, -0.2) is 4.90 Å². The van der Waals surface area contributed by atoms with Gasteiger partial charge in [0.1, 0.15) is 5.75 Å². The first-order chi connectivity index (χ1) is 17.3. The maximum absolute atomic E-state index is 13.1. The molecule has 2 saturated heterocycles. The smallest absolute Gasteiger partial charge is 0.316 e. The number of amides is 3. The summed E-state index contributed by atoms with van der Waals surface area (Å²) in [5.74, 6) is -1.04. The van der Waals surface area contributed by atoms with E-state index in [0.717, 1.165) is 36.9 Å². The molecule has 2 heterocycles. The summed E-state index contributed by atoms with van der Waals surface area (Å²) >= 11 is 0. The maximum Gasteiger partial charge on any atom is 0.316 e. The summed E-state index contributed by atoms with van der Waals surface area (Å²) in [4.78, 5) is 54.8. The molecule has 0 aromatic heterocycles. The molecule has 4 atom stereocenters. The minimum atomic E-state index is -0.561. The van der Waals surface area contributed by atoms with Crippen molar-refractivity contribution in [2.24, 2.45) is 23.7 Å². The van der Waals surface area contributed by atoms with Gasteiger partial charge in [0.15, 0.2) is 0 Å². The van der Waals surface area contributed by atoms with E-state index in [-0.39, 0.29) is 42.5 Å². The first-order valence-electron chi connectivity index (χ1n) is 12.9. The van der Waals surface area contributed by atoms with Crippen LogP contribution >= 0.6 is 0 Å². The van der Waals surface area contributed by atoms with E-state index in [1.165, 1.54) is 4.90 Å². The van der Waals surface area contributed by atoms with Crippen molar-refractivity contribution in [3.05, 3.63) is 53.6 Å². The van der Waals surface area contributed by atoms with Crippen LogP contribution in [0.5, 0.6) is 5.75 Å². The number of nitrogens with zero attached hydrogens (tertiary/aromatic N) is 2. The number of hydrogen-bond acceptors (Lipinski definition) is 5. The van der Waals surface area contributed by atoms with E-state index in [0.29, 0.717) is 22.9 Å². The van der Waals surface area contributed by atoms with Crippen LogP contribution in [0.25, 0.3) is 0 Å². The van der Waals surface area contributed by atoms with E-state index < -0.39 is 11.9 Å². The monoisotopic (exact) mass is 488 g/mol. The first-order valence-corrected chi connectivity index (χ1v) is 12.9. The highest BCUT2D eigenvalue weighted by molar-refractivity contribution is 6.22. The second-order valence-corrected chi connectivity index (χ2v) is 10.4. The number of benzene rings is 2. The molecular formula is C29H32N2O5. The van der Waals surface area contributed by atoms with Crippen LogP contribution in [0.4, 0.5) is 11.4 Å². The Balaban J connectivity index is 1.28. The van der Waals surface area contributed by atoms with Gasteiger partial charge in [-0.1, -0.05) is 32.0 Å². The summed E-state index contributed by atoms with van der Waals surface area (Å²) in [5.41, 5.74) is 3.14. The highest BCUT2D eigenvalue weighted by atomic mass is 16.5. The molecule has 7 heteroatoms. The van der Waals surface area contributed by atoms with Crippen molar-refractivity contribution >= 4 is 35.1 Å². The Morgan fingerprint density at radius 3 is 2.50 bits per heavy atom. The zero-order valence-electron chi connectivity index (χ0n) is 21.0. The molecule has 3 aliphatic rings. The fraction of sp³-hybridized carbons (Fsp3) is 0.448.